The van der Waals surface area contributed by atoms with Gasteiger partial charge in [-0.15, -0.1) is 0 Å². The van der Waals surface area contributed by atoms with E-state index in [-0.39, 0.29) is 0 Å². The van der Waals surface area contributed by atoms with Crippen molar-refractivity contribution >= 4 is 0 Å². The van der Waals surface area contributed by atoms with Gasteiger partial charge in [0.25, 0.3) is 0 Å². The average Bonchev–Trinajstić information content (AvgIpc) is 2.60. The number of hydrogen-bond donors (Lipinski definition) is 2. The number of hydrogen-bond acceptors (Lipinski definition) is 3. The van der Waals surface area contributed by atoms with Crippen LogP contribution < -0.4 is 0 Å². The summed E-state index contributed by atoms with van der Waals surface area (Å²) in [5.74, 6) is 6.08. The van der Waals surface area contributed by atoms with E-state index >= 15 is 0 Å². The molecule has 0 saturated carbocycles. The van der Waals surface area contributed by atoms with Gasteiger partial charge in [-0.3, -0.25) is 4.90 Å². The van der Waals surface area contributed by atoms with Crippen LogP contribution in [-0.4, -0.2) is 47.0 Å². The molecule has 0 spiro atoms. The van der Waals surface area contributed by atoms with Crippen LogP contribution in [0.3, 0.4) is 0 Å². The molecule has 2 rings (SSSR count). The van der Waals surface area contributed by atoms with Crippen molar-refractivity contribution in [1.82, 2.24) is 4.90 Å². The van der Waals surface area contributed by atoms with E-state index in [1.807, 2.05) is 35.2 Å². The van der Waals surface area contributed by atoms with Crippen molar-refractivity contribution in [2.75, 3.05) is 19.6 Å². The van der Waals surface area contributed by atoms with Crippen molar-refractivity contribution in [3.63, 3.8) is 0 Å². The quantitative estimate of drug-likeness (QED) is 0.655. The zero-order valence-electron chi connectivity index (χ0n) is 9.00. The van der Waals surface area contributed by atoms with Crippen LogP contribution in [0.2, 0.25) is 0 Å². The van der Waals surface area contributed by atoms with Crippen molar-refractivity contribution in [2.24, 2.45) is 0 Å². The predicted octanol–water partition coefficient (Wildman–Crippen LogP) is 0.0755. The first-order valence-electron chi connectivity index (χ1n) is 5.38. The molecule has 0 amide bonds. The molecule has 0 aromatic heterocycles. The van der Waals surface area contributed by atoms with Crippen molar-refractivity contribution in [2.45, 2.75) is 12.2 Å². The van der Waals surface area contributed by atoms with E-state index < -0.39 is 12.2 Å². The molecule has 2 N–H and O–H groups in total. The second-order valence-corrected chi connectivity index (χ2v) is 4.00. The van der Waals surface area contributed by atoms with Crippen LogP contribution in [0.5, 0.6) is 0 Å². The molecule has 0 aliphatic carbocycles. The second kappa shape index (κ2) is 5.13. The summed E-state index contributed by atoms with van der Waals surface area (Å²) >= 11 is 0. The van der Waals surface area contributed by atoms with Crippen LogP contribution in [0.25, 0.3) is 0 Å². The van der Waals surface area contributed by atoms with Crippen LogP contribution >= 0.6 is 0 Å². The topological polar surface area (TPSA) is 43.7 Å². The van der Waals surface area contributed by atoms with Crippen LogP contribution in [0, 0.1) is 11.8 Å². The minimum Gasteiger partial charge on any atom is -0.389 e. The SMILES string of the molecule is O[C@@H]1CN(CC#Cc2ccccc2)C[C@@H]1O. The maximum absolute atomic E-state index is 9.34. The second-order valence-electron chi connectivity index (χ2n) is 4.00. The van der Waals surface area contributed by atoms with Gasteiger partial charge in [0.2, 0.25) is 0 Å². The molecule has 1 saturated heterocycles. The van der Waals surface area contributed by atoms with E-state index in [2.05, 4.69) is 11.8 Å². The van der Waals surface area contributed by atoms with Crippen molar-refractivity contribution in [1.29, 1.82) is 0 Å². The lowest BCUT2D eigenvalue weighted by molar-refractivity contribution is 0.0572. The number of aliphatic hydroxyl groups is 2. The fraction of sp³-hybridized carbons (Fsp3) is 0.385. The Labute approximate surface area is 95.3 Å². The molecule has 84 valence electrons. The molecule has 1 fully saturated rings. The van der Waals surface area contributed by atoms with E-state index in [4.69, 9.17) is 0 Å². The lowest BCUT2D eigenvalue weighted by Crippen LogP contribution is -2.22. The van der Waals surface area contributed by atoms with E-state index in [0.29, 0.717) is 19.6 Å². The predicted molar refractivity (Wildman–Crippen MR) is 61.8 cm³/mol. The first-order chi connectivity index (χ1) is 7.75. The third-order valence-electron chi connectivity index (χ3n) is 2.64. The molecule has 2 atom stereocenters. The summed E-state index contributed by atoms with van der Waals surface area (Å²) in [5.41, 5.74) is 0.989. The molecule has 3 heteroatoms. The van der Waals surface area contributed by atoms with Gasteiger partial charge in [-0.2, -0.15) is 0 Å². The number of nitrogens with zero attached hydrogens (tertiary/aromatic N) is 1. The monoisotopic (exact) mass is 217 g/mol. The van der Waals surface area contributed by atoms with Crippen molar-refractivity contribution in [3.05, 3.63) is 35.9 Å². The Kier molecular flexibility index (Phi) is 3.58. The third-order valence-corrected chi connectivity index (χ3v) is 2.64. The Morgan fingerprint density at radius 1 is 1.12 bits per heavy atom. The van der Waals surface area contributed by atoms with Gasteiger partial charge < -0.3 is 10.2 Å². The molecular formula is C13H15NO2. The lowest BCUT2D eigenvalue weighted by Gasteiger charge is -2.08. The summed E-state index contributed by atoms with van der Waals surface area (Å²) in [6.07, 6.45) is -1.25. The summed E-state index contributed by atoms with van der Waals surface area (Å²) in [7, 11) is 0. The van der Waals surface area contributed by atoms with Gasteiger partial charge in [-0.25, -0.2) is 0 Å². The molecule has 0 unspecified atom stereocenters. The Morgan fingerprint density at radius 3 is 2.38 bits per heavy atom. The fourth-order valence-corrected chi connectivity index (χ4v) is 1.75. The number of β-amino-alcohol motifs (C(OH)–C–C–N with tert-alkyl or cyclic N) is 2. The molecule has 1 heterocycles. The minimum atomic E-state index is -0.626. The molecule has 3 nitrogen and oxygen atoms in total. The summed E-state index contributed by atoms with van der Waals surface area (Å²) in [5, 5.41) is 18.7. The fourth-order valence-electron chi connectivity index (χ4n) is 1.75. The first-order valence-corrected chi connectivity index (χ1v) is 5.38. The molecule has 1 aliphatic rings. The highest BCUT2D eigenvalue weighted by Gasteiger charge is 2.28. The van der Waals surface area contributed by atoms with E-state index in [1.165, 1.54) is 0 Å². The Bertz CT molecular complexity index is 383. The Hall–Kier alpha value is -1.34. The van der Waals surface area contributed by atoms with E-state index in [0.717, 1.165) is 5.56 Å². The molecule has 0 radical (unpaired) electrons. The van der Waals surface area contributed by atoms with Crippen molar-refractivity contribution < 1.29 is 10.2 Å². The van der Waals surface area contributed by atoms with Gasteiger partial charge in [-0.1, -0.05) is 30.0 Å². The third kappa shape index (κ3) is 2.83. The highest BCUT2D eigenvalue weighted by Crippen LogP contribution is 2.08. The number of likely N-dealkylation sites (tertiary alicyclic amines) is 1. The molecule has 0 bridgehead atoms. The number of benzene rings is 1. The first kappa shape index (κ1) is 11.2. The molecule has 1 aromatic carbocycles. The van der Waals surface area contributed by atoms with E-state index in [9.17, 15) is 10.2 Å². The van der Waals surface area contributed by atoms with Gasteiger partial charge in [0.05, 0.1) is 18.8 Å². The van der Waals surface area contributed by atoms with Gasteiger partial charge in [0.15, 0.2) is 0 Å². The Balaban J connectivity index is 1.87. The van der Waals surface area contributed by atoms with Crippen LogP contribution in [0.4, 0.5) is 0 Å². The largest absolute Gasteiger partial charge is 0.389 e. The van der Waals surface area contributed by atoms with Crippen LogP contribution in [0.1, 0.15) is 5.56 Å². The van der Waals surface area contributed by atoms with Gasteiger partial charge in [0.1, 0.15) is 0 Å². The molecule has 1 aliphatic heterocycles. The van der Waals surface area contributed by atoms with Crippen LogP contribution in [-0.2, 0) is 0 Å². The van der Waals surface area contributed by atoms with Crippen molar-refractivity contribution in [3.8, 4) is 11.8 Å². The summed E-state index contributed by atoms with van der Waals surface area (Å²) < 4.78 is 0. The lowest BCUT2D eigenvalue weighted by atomic mass is 10.2. The summed E-state index contributed by atoms with van der Waals surface area (Å²) in [6.45, 7) is 1.60. The van der Waals surface area contributed by atoms with Crippen LogP contribution in [0.15, 0.2) is 30.3 Å². The van der Waals surface area contributed by atoms with E-state index in [1.54, 1.807) is 0 Å². The van der Waals surface area contributed by atoms with Gasteiger partial charge in [-0.05, 0) is 12.1 Å². The summed E-state index contributed by atoms with van der Waals surface area (Å²) in [6, 6.07) is 9.78. The Morgan fingerprint density at radius 2 is 1.75 bits per heavy atom. The summed E-state index contributed by atoms with van der Waals surface area (Å²) in [4.78, 5) is 1.95. The average molecular weight is 217 g/mol. The maximum atomic E-state index is 9.34. The minimum absolute atomic E-state index is 0.505. The molecular weight excluding hydrogens is 202 g/mol. The molecule has 16 heavy (non-hydrogen) atoms. The number of rotatable bonds is 1. The standard InChI is InChI=1S/C13H15NO2/c15-12-9-14(10-13(12)16)8-4-7-11-5-2-1-3-6-11/h1-3,5-6,12-13,15-16H,8-10H2/t12-,13+. The van der Waals surface area contributed by atoms with Gasteiger partial charge >= 0.3 is 0 Å². The number of aliphatic hydroxyl groups excluding tert-OH is 2. The zero-order chi connectivity index (χ0) is 11.4. The molecule has 1 aromatic rings. The maximum Gasteiger partial charge on any atom is 0.0938 e. The zero-order valence-corrected chi connectivity index (χ0v) is 9.00. The highest BCUT2D eigenvalue weighted by molar-refractivity contribution is 5.33. The highest BCUT2D eigenvalue weighted by atomic mass is 16.3. The normalized spacial score (nSPS) is 25.1. The van der Waals surface area contributed by atoms with Gasteiger partial charge in [0, 0.05) is 18.7 Å². The smallest absolute Gasteiger partial charge is 0.0938 e.